The van der Waals surface area contributed by atoms with Crippen LogP contribution in [-0.4, -0.2) is 46.9 Å². The Morgan fingerprint density at radius 1 is 1.03 bits per heavy atom. The van der Waals surface area contributed by atoms with E-state index in [4.69, 9.17) is 0 Å². The predicted molar refractivity (Wildman–Crippen MR) is 144 cm³/mol. The van der Waals surface area contributed by atoms with E-state index in [0.29, 0.717) is 17.7 Å². The molecule has 1 aliphatic rings. The lowest BCUT2D eigenvalue weighted by atomic mass is 10.0. The zero-order chi connectivity index (χ0) is 25.6. The van der Waals surface area contributed by atoms with Gasteiger partial charge in [0.05, 0.1) is 17.0 Å². The molecule has 0 radical (unpaired) electrons. The van der Waals surface area contributed by atoms with Gasteiger partial charge in [0.25, 0.3) is 5.91 Å². The number of aromatic nitrogens is 3. The van der Waals surface area contributed by atoms with Crippen molar-refractivity contribution >= 4 is 27.4 Å². The molecule has 1 aliphatic heterocycles. The number of hydrogen-bond acceptors (Lipinski definition) is 4. The molecule has 3 heterocycles. The number of carbonyl (C=O) groups is 1. The topological polar surface area (TPSA) is 92.3 Å². The Bertz CT molecular complexity index is 1600. The summed E-state index contributed by atoms with van der Waals surface area (Å²) in [6.45, 7) is 0. The summed E-state index contributed by atoms with van der Waals surface area (Å²) in [4.78, 5) is 13.1. The van der Waals surface area contributed by atoms with Gasteiger partial charge in [0.2, 0.25) is 0 Å². The van der Waals surface area contributed by atoms with Crippen molar-refractivity contribution in [3.63, 3.8) is 0 Å². The Labute approximate surface area is 214 Å². The summed E-state index contributed by atoms with van der Waals surface area (Å²) in [6.07, 6.45) is 6.15. The maximum Gasteiger partial charge on any atom is 0.251 e. The first-order chi connectivity index (χ1) is 17.9. The van der Waals surface area contributed by atoms with E-state index in [1.54, 1.807) is 29.1 Å². The van der Waals surface area contributed by atoms with Crippen LogP contribution in [0.25, 0.3) is 33.4 Å². The molecule has 5 aromatic rings. The van der Waals surface area contributed by atoms with E-state index in [2.05, 4.69) is 16.5 Å². The molecule has 7 nitrogen and oxygen atoms in total. The van der Waals surface area contributed by atoms with Crippen molar-refractivity contribution in [3.05, 3.63) is 103 Å². The summed E-state index contributed by atoms with van der Waals surface area (Å²) in [5, 5.41) is 8.20. The van der Waals surface area contributed by atoms with Crippen LogP contribution < -0.4 is 5.32 Å². The van der Waals surface area contributed by atoms with Crippen molar-refractivity contribution < 1.29 is 18.3 Å². The Hall–Kier alpha value is -3.92. The highest BCUT2D eigenvalue weighted by Crippen LogP contribution is 2.45. The minimum Gasteiger partial charge on any atom is -0.348 e. The molecular weight excluding hydrogens is 491 g/mol. The molecule has 37 heavy (non-hydrogen) atoms. The van der Waals surface area contributed by atoms with Crippen LogP contribution >= 0.6 is 10.6 Å². The van der Waals surface area contributed by atoms with Gasteiger partial charge in [-0.05, 0) is 66.6 Å². The molecule has 1 amide bonds. The molecule has 1 atom stereocenters. The fraction of sp³-hybridized carbons (Fsp3) is 0.143. The lowest BCUT2D eigenvalue weighted by Gasteiger charge is -2.26. The Kier molecular flexibility index (Phi) is 5.83. The zero-order valence-corrected chi connectivity index (χ0v) is 20.6. The summed E-state index contributed by atoms with van der Waals surface area (Å²) in [7, 11) is -2.61. The molecule has 0 aliphatic carbocycles. The van der Waals surface area contributed by atoms with Gasteiger partial charge in [-0.15, -0.1) is 0 Å². The second-order valence-corrected chi connectivity index (χ2v) is 11.6. The van der Waals surface area contributed by atoms with E-state index in [0.717, 1.165) is 33.4 Å². The number of benzene rings is 3. The predicted octanol–water partition coefficient (Wildman–Crippen LogP) is 5.88. The minimum atomic E-state index is -2.61. The third-order valence-electron chi connectivity index (χ3n) is 6.70. The van der Waals surface area contributed by atoms with E-state index >= 15 is 0 Å². The quantitative estimate of drug-likeness (QED) is 0.272. The van der Waals surface area contributed by atoms with Gasteiger partial charge in [0.1, 0.15) is 5.82 Å². The number of hydrogen-bond donors (Lipinski definition) is 3. The molecular formula is C28H25FN4O3S. The van der Waals surface area contributed by atoms with Crippen LogP contribution in [0.1, 0.15) is 16.8 Å². The van der Waals surface area contributed by atoms with Crippen molar-refractivity contribution in [2.24, 2.45) is 0 Å². The van der Waals surface area contributed by atoms with E-state index in [-0.39, 0.29) is 23.5 Å². The van der Waals surface area contributed by atoms with Gasteiger partial charge in [-0.1, -0.05) is 18.2 Å². The first-order valence-electron chi connectivity index (χ1n) is 11.9. The van der Waals surface area contributed by atoms with Crippen LogP contribution in [0.15, 0.2) is 91.4 Å². The number of rotatable bonds is 5. The Morgan fingerprint density at radius 3 is 2.59 bits per heavy atom. The van der Waals surface area contributed by atoms with Crippen molar-refractivity contribution in [1.82, 2.24) is 19.7 Å². The highest BCUT2D eigenvalue weighted by molar-refractivity contribution is 8.24. The van der Waals surface area contributed by atoms with Crippen LogP contribution in [0.4, 0.5) is 4.39 Å². The van der Waals surface area contributed by atoms with E-state index in [1.165, 1.54) is 12.1 Å². The summed E-state index contributed by atoms with van der Waals surface area (Å²) >= 11 is 0. The third-order valence-corrected chi connectivity index (χ3v) is 8.52. The van der Waals surface area contributed by atoms with Gasteiger partial charge in [-0.2, -0.15) is 15.7 Å². The standard InChI is InChI=1S/C28H25FN4O3S/c29-21-6-8-23(9-7-21)32-17-26(19-3-1-4-24(15-19)33-13-2-12-30-33)25-10-5-20(16-27(25)32)28(34)31-22-11-14-37(35,36)18-22/h1-10,12-13,15-17,22,35-36H,11,14,18H2,(H,31,34). The number of amides is 1. The highest BCUT2D eigenvalue weighted by atomic mass is 32.3. The number of fused-ring (bicyclic) bond motifs is 1. The lowest BCUT2D eigenvalue weighted by molar-refractivity contribution is 0.0941. The van der Waals surface area contributed by atoms with Crippen molar-refractivity contribution in [2.45, 2.75) is 12.5 Å². The van der Waals surface area contributed by atoms with Gasteiger partial charge < -0.3 is 9.88 Å². The molecule has 2 aromatic heterocycles. The van der Waals surface area contributed by atoms with E-state index < -0.39 is 10.6 Å². The molecule has 3 N–H and O–H groups in total. The molecule has 9 heteroatoms. The summed E-state index contributed by atoms with van der Waals surface area (Å²) in [5.74, 6) is -0.0947. The second kappa shape index (κ2) is 9.19. The van der Waals surface area contributed by atoms with Crippen molar-refractivity contribution in [1.29, 1.82) is 0 Å². The van der Waals surface area contributed by atoms with Crippen LogP contribution in [0, 0.1) is 5.82 Å². The molecule has 3 aromatic carbocycles. The fourth-order valence-electron chi connectivity index (χ4n) is 4.85. The second-order valence-electron chi connectivity index (χ2n) is 9.25. The Balaban J connectivity index is 1.43. The Morgan fingerprint density at radius 2 is 1.86 bits per heavy atom. The molecule has 6 rings (SSSR count). The first kappa shape index (κ1) is 23.5. The lowest BCUT2D eigenvalue weighted by Crippen LogP contribution is -2.35. The average molecular weight is 517 g/mol. The molecule has 0 spiro atoms. The maximum absolute atomic E-state index is 13.7. The maximum atomic E-state index is 13.7. The molecule has 0 bridgehead atoms. The average Bonchev–Trinajstić information content (AvgIpc) is 3.63. The van der Waals surface area contributed by atoms with Gasteiger partial charge in [-0.3, -0.25) is 13.9 Å². The van der Waals surface area contributed by atoms with E-state index in [1.807, 2.05) is 53.4 Å². The summed E-state index contributed by atoms with van der Waals surface area (Å²) < 4.78 is 37.3. The van der Waals surface area contributed by atoms with Gasteiger partial charge in [0.15, 0.2) is 0 Å². The smallest absolute Gasteiger partial charge is 0.251 e. The van der Waals surface area contributed by atoms with E-state index in [9.17, 15) is 18.3 Å². The third kappa shape index (κ3) is 4.64. The van der Waals surface area contributed by atoms with Crippen LogP contribution in [0.2, 0.25) is 0 Å². The van der Waals surface area contributed by atoms with Crippen molar-refractivity contribution in [2.75, 3.05) is 11.5 Å². The zero-order valence-electron chi connectivity index (χ0n) is 19.8. The van der Waals surface area contributed by atoms with Crippen LogP contribution in [-0.2, 0) is 0 Å². The number of carbonyl (C=O) groups excluding carboxylic acids is 1. The molecule has 0 saturated carbocycles. The summed E-state index contributed by atoms with van der Waals surface area (Å²) in [5.41, 5.74) is 4.90. The fourth-order valence-corrected chi connectivity index (χ4v) is 6.58. The van der Waals surface area contributed by atoms with Gasteiger partial charge in [0, 0.05) is 52.6 Å². The molecule has 1 unspecified atom stereocenters. The normalized spacial score (nSPS) is 17.6. The highest BCUT2D eigenvalue weighted by Gasteiger charge is 2.29. The SMILES string of the molecule is O=C(NC1CCS(O)(O)C1)c1ccc2c(-c3cccc(-n4cccn4)c3)cn(-c3ccc(F)cc3)c2c1. The van der Waals surface area contributed by atoms with Gasteiger partial charge >= 0.3 is 0 Å². The molecule has 1 fully saturated rings. The van der Waals surface area contributed by atoms with Crippen molar-refractivity contribution in [3.8, 4) is 22.5 Å². The number of nitrogens with one attached hydrogen (secondary N) is 1. The number of halogens is 1. The minimum absolute atomic E-state index is 0.184. The monoisotopic (exact) mass is 516 g/mol. The molecule has 1 saturated heterocycles. The summed E-state index contributed by atoms with van der Waals surface area (Å²) in [6, 6.07) is 21.4. The molecule has 188 valence electrons. The first-order valence-corrected chi connectivity index (χ1v) is 13.8. The van der Waals surface area contributed by atoms with Crippen LogP contribution in [0.3, 0.4) is 0 Å². The largest absolute Gasteiger partial charge is 0.348 e. The van der Waals surface area contributed by atoms with Gasteiger partial charge in [-0.25, -0.2) is 9.07 Å². The van der Waals surface area contributed by atoms with Crippen LogP contribution in [0.5, 0.6) is 0 Å². The number of nitrogens with zero attached hydrogens (tertiary/aromatic N) is 3.